The number of nitrogens with one attached hydrogen (secondary N) is 1. The standard InChI is InChI=1S/C18H36N2O3/c1-17(2,3)23-16(21)20-11-8-7-9-15(20)13-19-14-18(4,5)10-12-22-6/h15,19H,7-14H2,1-6H3. The van der Waals surface area contributed by atoms with Crippen LogP contribution in [0.15, 0.2) is 0 Å². The first kappa shape index (κ1) is 20.2. The molecule has 0 aromatic rings. The van der Waals surface area contributed by atoms with Crippen LogP contribution in [0.3, 0.4) is 0 Å². The van der Waals surface area contributed by atoms with E-state index in [-0.39, 0.29) is 17.6 Å². The average Bonchev–Trinajstić information content (AvgIpc) is 2.43. The summed E-state index contributed by atoms with van der Waals surface area (Å²) >= 11 is 0. The van der Waals surface area contributed by atoms with Crippen LogP contribution in [0.5, 0.6) is 0 Å². The number of hydrogen-bond acceptors (Lipinski definition) is 4. The van der Waals surface area contributed by atoms with Gasteiger partial charge in [-0.1, -0.05) is 13.8 Å². The van der Waals surface area contributed by atoms with Crippen LogP contribution < -0.4 is 5.32 Å². The molecule has 5 nitrogen and oxygen atoms in total. The zero-order chi connectivity index (χ0) is 17.5. The topological polar surface area (TPSA) is 50.8 Å². The van der Waals surface area contributed by atoms with Crippen molar-refractivity contribution in [3.8, 4) is 0 Å². The molecule has 1 saturated heterocycles. The Hall–Kier alpha value is -0.810. The third-order valence-electron chi connectivity index (χ3n) is 4.22. The quantitative estimate of drug-likeness (QED) is 0.778. The summed E-state index contributed by atoms with van der Waals surface area (Å²) in [7, 11) is 1.74. The number of nitrogens with zero attached hydrogens (tertiary/aromatic N) is 1. The van der Waals surface area contributed by atoms with E-state index in [1.807, 2.05) is 25.7 Å². The summed E-state index contributed by atoms with van der Waals surface area (Å²) in [6.07, 6.45) is 4.14. The van der Waals surface area contributed by atoms with Crippen molar-refractivity contribution in [1.82, 2.24) is 10.2 Å². The highest BCUT2D eigenvalue weighted by Crippen LogP contribution is 2.22. The van der Waals surface area contributed by atoms with Gasteiger partial charge < -0.3 is 19.7 Å². The predicted octanol–water partition coefficient (Wildman–Crippen LogP) is 3.43. The van der Waals surface area contributed by atoms with Gasteiger partial charge in [-0.05, 0) is 51.9 Å². The Bertz CT molecular complexity index is 364. The van der Waals surface area contributed by atoms with Gasteiger partial charge >= 0.3 is 6.09 Å². The van der Waals surface area contributed by atoms with Crippen LogP contribution in [0, 0.1) is 5.41 Å². The molecule has 1 N–H and O–H groups in total. The largest absolute Gasteiger partial charge is 0.444 e. The molecule has 1 heterocycles. The highest BCUT2D eigenvalue weighted by Gasteiger charge is 2.30. The van der Waals surface area contributed by atoms with Crippen molar-refractivity contribution in [2.45, 2.75) is 71.9 Å². The highest BCUT2D eigenvalue weighted by atomic mass is 16.6. The zero-order valence-electron chi connectivity index (χ0n) is 15.9. The molecule has 5 heteroatoms. The fourth-order valence-electron chi connectivity index (χ4n) is 2.82. The number of hydrogen-bond donors (Lipinski definition) is 1. The van der Waals surface area contributed by atoms with E-state index in [1.54, 1.807) is 7.11 Å². The molecule has 23 heavy (non-hydrogen) atoms. The molecule has 136 valence electrons. The fraction of sp³-hybridized carbons (Fsp3) is 0.944. The minimum atomic E-state index is -0.436. The van der Waals surface area contributed by atoms with Gasteiger partial charge in [-0.2, -0.15) is 0 Å². The van der Waals surface area contributed by atoms with E-state index in [0.29, 0.717) is 0 Å². The lowest BCUT2D eigenvalue weighted by atomic mass is 9.89. The van der Waals surface area contributed by atoms with Crippen molar-refractivity contribution < 1.29 is 14.3 Å². The Kier molecular flexibility index (Phi) is 7.81. The minimum Gasteiger partial charge on any atom is -0.444 e. The van der Waals surface area contributed by atoms with Crippen molar-refractivity contribution in [2.24, 2.45) is 5.41 Å². The number of rotatable bonds is 7. The number of ether oxygens (including phenoxy) is 2. The Balaban J connectivity index is 2.47. The van der Waals surface area contributed by atoms with Gasteiger partial charge in [0.2, 0.25) is 0 Å². The SMILES string of the molecule is COCCC(C)(C)CNCC1CCCCN1C(=O)OC(C)(C)C. The Morgan fingerprint density at radius 2 is 1.91 bits per heavy atom. The maximum atomic E-state index is 12.4. The summed E-state index contributed by atoms with van der Waals surface area (Å²) in [5, 5.41) is 3.55. The number of piperidine rings is 1. The molecular weight excluding hydrogens is 292 g/mol. The normalized spacial score (nSPS) is 19.7. The second-order valence-corrected chi connectivity index (χ2v) is 8.36. The van der Waals surface area contributed by atoms with Crippen molar-refractivity contribution in [3.63, 3.8) is 0 Å². The van der Waals surface area contributed by atoms with Crippen LogP contribution in [0.1, 0.15) is 60.3 Å². The molecule has 1 unspecified atom stereocenters. The molecule has 1 amide bonds. The lowest BCUT2D eigenvalue weighted by molar-refractivity contribution is 0.00971. The summed E-state index contributed by atoms with van der Waals surface area (Å²) in [5.74, 6) is 0. The first-order valence-corrected chi connectivity index (χ1v) is 8.84. The maximum Gasteiger partial charge on any atom is 0.410 e. The number of carbonyl (C=O) groups is 1. The number of methoxy groups -OCH3 is 1. The summed E-state index contributed by atoms with van der Waals surface area (Å²) < 4.78 is 10.7. The van der Waals surface area contributed by atoms with Gasteiger partial charge in [-0.3, -0.25) is 0 Å². The summed E-state index contributed by atoms with van der Waals surface area (Å²) in [6.45, 7) is 13.6. The van der Waals surface area contributed by atoms with E-state index in [1.165, 1.54) is 6.42 Å². The zero-order valence-corrected chi connectivity index (χ0v) is 15.9. The first-order chi connectivity index (χ1) is 10.6. The van der Waals surface area contributed by atoms with E-state index in [9.17, 15) is 4.79 Å². The molecule has 1 aliphatic rings. The van der Waals surface area contributed by atoms with Gasteiger partial charge in [-0.15, -0.1) is 0 Å². The van der Waals surface area contributed by atoms with Gasteiger partial charge in [0.25, 0.3) is 0 Å². The van der Waals surface area contributed by atoms with Crippen LogP contribution in [0.25, 0.3) is 0 Å². The van der Waals surface area contributed by atoms with E-state index in [4.69, 9.17) is 9.47 Å². The molecule has 0 aromatic heterocycles. The minimum absolute atomic E-state index is 0.178. The molecule has 0 aromatic carbocycles. The molecule has 0 saturated carbocycles. The van der Waals surface area contributed by atoms with E-state index < -0.39 is 5.60 Å². The molecular formula is C18H36N2O3. The van der Waals surface area contributed by atoms with Gasteiger partial charge in [0.1, 0.15) is 5.60 Å². The van der Waals surface area contributed by atoms with Gasteiger partial charge in [-0.25, -0.2) is 4.79 Å². The highest BCUT2D eigenvalue weighted by molar-refractivity contribution is 5.68. The van der Waals surface area contributed by atoms with Gasteiger partial charge in [0.05, 0.1) is 0 Å². The van der Waals surface area contributed by atoms with Crippen molar-refractivity contribution >= 4 is 6.09 Å². The molecule has 0 radical (unpaired) electrons. The second-order valence-electron chi connectivity index (χ2n) is 8.36. The van der Waals surface area contributed by atoms with Gasteiger partial charge in [0, 0.05) is 39.4 Å². The smallest absolute Gasteiger partial charge is 0.410 e. The second kappa shape index (κ2) is 8.88. The summed E-state index contributed by atoms with van der Waals surface area (Å²) in [6, 6.07) is 0.233. The molecule has 1 aliphatic heterocycles. The van der Waals surface area contributed by atoms with E-state index >= 15 is 0 Å². The molecule has 0 aliphatic carbocycles. The summed E-state index contributed by atoms with van der Waals surface area (Å²) in [4.78, 5) is 14.3. The number of amides is 1. The van der Waals surface area contributed by atoms with Crippen LogP contribution in [0.2, 0.25) is 0 Å². The van der Waals surface area contributed by atoms with Crippen molar-refractivity contribution in [3.05, 3.63) is 0 Å². The van der Waals surface area contributed by atoms with Crippen LogP contribution in [-0.4, -0.2) is 56.0 Å². The summed E-state index contributed by atoms with van der Waals surface area (Å²) in [5.41, 5.74) is -0.240. The van der Waals surface area contributed by atoms with Crippen LogP contribution in [0.4, 0.5) is 4.79 Å². The Labute approximate surface area is 142 Å². The van der Waals surface area contributed by atoms with Crippen LogP contribution in [-0.2, 0) is 9.47 Å². The lowest BCUT2D eigenvalue weighted by Crippen LogP contribution is -2.50. The Morgan fingerprint density at radius 1 is 1.22 bits per heavy atom. The first-order valence-electron chi connectivity index (χ1n) is 8.84. The lowest BCUT2D eigenvalue weighted by Gasteiger charge is -2.37. The van der Waals surface area contributed by atoms with E-state index in [2.05, 4.69) is 19.2 Å². The molecule has 0 bridgehead atoms. The predicted molar refractivity (Wildman–Crippen MR) is 93.7 cm³/mol. The Morgan fingerprint density at radius 3 is 2.52 bits per heavy atom. The number of carbonyl (C=O) groups excluding carboxylic acids is 1. The monoisotopic (exact) mass is 328 g/mol. The third kappa shape index (κ3) is 8.02. The van der Waals surface area contributed by atoms with Gasteiger partial charge in [0.15, 0.2) is 0 Å². The van der Waals surface area contributed by atoms with Crippen molar-refractivity contribution in [1.29, 1.82) is 0 Å². The molecule has 1 rings (SSSR count). The van der Waals surface area contributed by atoms with Crippen LogP contribution >= 0.6 is 0 Å². The molecule has 1 fully saturated rings. The molecule has 1 atom stereocenters. The molecule has 0 spiro atoms. The van der Waals surface area contributed by atoms with E-state index in [0.717, 1.165) is 45.5 Å². The number of likely N-dealkylation sites (tertiary alicyclic amines) is 1. The maximum absolute atomic E-state index is 12.4. The fourth-order valence-corrected chi connectivity index (χ4v) is 2.82. The average molecular weight is 328 g/mol. The van der Waals surface area contributed by atoms with Crippen molar-refractivity contribution in [2.75, 3.05) is 33.4 Å². The third-order valence-corrected chi connectivity index (χ3v) is 4.22.